The van der Waals surface area contributed by atoms with Crippen LogP contribution in [0, 0.1) is 10.1 Å². The standard InChI is InChI=1S/C15H10N2O2S/c18-17(19)12-6-7-13(11-4-2-1-3-5-11)14(10-12)15-16-8-9-20-15/h1-10H. The number of non-ortho nitro benzene ring substituents is 1. The number of aromatic nitrogens is 1. The average molecular weight is 282 g/mol. The Labute approximate surface area is 119 Å². The van der Waals surface area contributed by atoms with Gasteiger partial charge in [-0.15, -0.1) is 11.3 Å². The van der Waals surface area contributed by atoms with E-state index in [-0.39, 0.29) is 10.6 Å². The number of thiazole rings is 1. The van der Waals surface area contributed by atoms with Crippen LogP contribution in [-0.2, 0) is 0 Å². The molecule has 1 heterocycles. The second kappa shape index (κ2) is 5.22. The molecule has 0 N–H and O–H groups in total. The summed E-state index contributed by atoms with van der Waals surface area (Å²) in [6, 6.07) is 14.7. The van der Waals surface area contributed by atoms with Crippen molar-refractivity contribution in [3.8, 4) is 21.7 Å². The fraction of sp³-hybridized carbons (Fsp3) is 0. The van der Waals surface area contributed by atoms with E-state index in [2.05, 4.69) is 4.98 Å². The zero-order valence-electron chi connectivity index (χ0n) is 10.4. The van der Waals surface area contributed by atoms with Gasteiger partial charge in [-0.05, 0) is 17.2 Å². The number of nitro benzene ring substituents is 1. The van der Waals surface area contributed by atoms with Crippen molar-refractivity contribution in [3.63, 3.8) is 0 Å². The van der Waals surface area contributed by atoms with Crippen LogP contribution in [-0.4, -0.2) is 9.91 Å². The Balaban J connectivity index is 2.22. The van der Waals surface area contributed by atoms with E-state index < -0.39 is 0 Å². The van der Waals surface area contributed by atoms with Crippen molar-refractivity contribution in [1.29, 1.82) is 0 Å². The largest absolute Gasteiger partial charge is 0.270 e. The third-order valence-electron chi connectivity index (χ3n) is 2.96. The van der Waals surface area contributed by atoms with Crippen LogP contribution in [0.2, 0.25) is 0 Å². The lowest BCUT2D eigenvalue weighted by atomic mass is 9.99. The van der Waals surface area contributed by atoms with Gasteiger partial charge in [0, 0.05) is 29.3 Å². The summed E-state index contributed by atoms with van der Waals surface area (Å²) in [5.74, 6) is 0. The summed E-state index contributed by atoms with van der Waals surface area (Å²) < 4.78 is 0. The van der Waals surface area contributed by atoms with Crippen LogP contribution in [0.15, 0.2) is 60.1 Å². The van der Waals surface area contributed by atoms with E-state index in [0.29, 0.717) is 0 Å². The Morgan fingerprint density at radius 1 is 1.05 bits per heavy atom. The molecule has 0 unspecified atom stereocenters. The molecule has 0 atom stereocenters. The molecule has 3 aromatic rings. The quantitative estimate of drug-likeness (QED) is 0.529. The van der Waals surface area contributed by atoms with Crippen LogP contribution in [0.5, 0.6) is 0 Å². The molecule has 0 aliphatic heterocycles. The topological polar surface area (TPSA) is 56.0 Å². The summed E-state index contributed by atoms with van der Waals surface area (Å²) in [6.45, 7) is 0. The second-order valence-electron chi connectivity index (χ2n) is 4.19. The number of hydrogen-bond donors (Lipinski definition) is 0. The molecule has 3 rings (SSSR count). The number of nitro groups is 1. The minimum absolute atomic E-state index is 0.0786. The molecule has 0 saturated carbocycles. The fourth-order valence-corrected chi connectivity index (χ4v) is 2.72. The van der Waals surface area contributed by atoms with Gasteiger partial charge in [0.25, 0.3) is 5.69 Å². The molecule has 5 heteroatoms. The smallest absolute Gasteiger partial charge is 0.258 e. The molecular weight excluding hydrogens is 272 g/mol. The van der Waals surface area contributed by atoms with E-state index in [0.717, 1.165) is 21.7 Å². The SMILES string of the molecule is O=[N+]([O-])c1ccc(-c2ccccc2)c(-c2nccs2)c1. The van der Waals surface area contributed by atoms with Crippen molar-refractivity contribution < 1.29 is 4.92 Å². The first kappa shape index (κ1) is 12.5. The Morgan fingerprint density at radius 2 is 1.85 bits per heavy atom. The third kappa shape index (κ3) is 2.31. The Kier molecular flexibility index (Phi) is 3.26. The number of rotatable bonds is 3. The van der Waals surface area contributed by atoms with Crippen molar-refractivity contribution in [2.45, 2.75) is 0 Å². The molecule has 1 aromatic heterocycles. The molecule has 0 amide bonds. The van der Waals surface area contributed by atoms with Crippen molar-refractivity contribution in [2.24, 2.45) is 0 Å². The second-order valence-corrected chi connectivity index (χ2v) is 5.08. The van der Waals surface area contributed by atoms with Crippen LogP contribution in [0.1, 0.15) is 0 Å². The molecule has 0 bridgehead atoms. The van der Waals surface area contributed by atoms with Gasteiger partial charge in [-0.3, -0.25) is 10.1 Å². The summed E-state index contributed by atoms with van der Waals surface area (Å²) in [5.41, 5.74) is 2.84. The molecule has 0 aliphatic carbocycles. The Hall–Kier alpha value is -2.53. The Bertz CT molecular complexity index is 740. The average Bonchev–Trinajstić information content (AvgIpc) is 3.01. The van der Waals surface area contributed by atoms with Crippen molar-refractivity contribution in [3.05, 3.63) is 70.2 Å². The first-order valence-corrected chi connectivity index (χ1v) is 6.87. The Morgan fingerprint density at radius 3 is 2.50 bits per heavy atom. The van der Waals surface area contributed by atoms with Crippen LogP contribution < -0.4 is 0 Å². The first-order valence-electron chi connectivity index (χ1n) is 5.99. The van der Waals surface area contributed by atoms with E-state index >= 15 is 0 Å². The van der Waals surface area contributed by atoms with Gasteiger partial charge in [-0.25, -0.2) is 4.98 Å². The highest BCUT2D eigenvalue weighted by molar-refractivity contribution is 7.13. The zero-order chi connectivity index (χ0) is 13.9. The van der Waals surface area contributed by atoms with E-state index in [9.17, 15) is 10.1 Å². The lowest BCUT2D eigenvalue weighted by molar-refractivity contribution is -0.384. The fourth-order valence-electron chi connectivity index (χ4n) is 2.05. The lowest BCUT2D eigenvalue weighted by Crippen LogP contribution is -1.91. The van der Waals surface area contributed by atoms with Crippen LogP contribution in [0.3, 0.4) is 0 Å². The highest BCUT2D eigenvalue weighted by Crippen LogP contribution is 2.35. The predicted octanol–water partition coefficient (Wildman–Crippen LogP) is 4.39. The summed E-state index contributed by atoms with van der Waals surface area (Å²) in [6.07, 6.45) is 1.70. The van der Waals surface area contributed by atoms with E-state index in [4.69, 9.17) is 0 Å². The van der Waals surface area contributed by atoms with Crippen molar-refractivity contribution >= 4 is 17.0 Å². The van der Waals surface area contributed by atoms with Gasteiger partial charge in [0.05, 0.1) is 4.92 Å². The molecule has 20 heavy (non-hydrogen) atoms. The summed E-state index contributed by atoms with van der Waals surface area (Å²) in [4.78, 5) is 14.8. The normalized spacial score (nSPS) is 10.4. The van der Waals surface area contributed by atoms with Crippen molar-refractivity contribution in [1.82, 2.24) is 4.98 Å². The summed E-state index contributed by atoms with van der Waals surface area (Å²) in [7, 11) is 0. The molecule has 4 nitrogen and oxygen atoms in total. The minimum atomic E-state index is -0.383. The van der Waals surface area contributed by atoms with Crippen LogP contribution in [0.25, 0.3) is 21.7 Å². The maximum Gasteiger partial charge on any atom is 0.270 e. The van der Waals surface area contributed by atoms with E-state index in [1.807, 2.05) is 35.7 Å². The number of hydrogen-bond acceptors (Lipinski definition) is 4. The van der Waals surface area contributed by atoms with Crippen LogP contribution in [0.4, 0.5) is 5.69 Å². The molecule has 0 saturated heterocycles. The van der Waals surface area contributed by atoms with Gasteiger partial charge in [0.2, 0.25) is 0 Å². The molecule has 98 valence electrons. The van der Waals surface area contributed by atoms with Gasteiger partial charge in [-0.1, -0.05) is 30.3 Å². The van der Waals surface area contributed by atoms with Gasteiger partial charge >= 0.3 is 0 Å². The van der Waals surface area contributed by atoms with Gasteiger partial charge in [0.15, 0.2) is 0 Å². The molecule has 0 fully saturated rings. The van der Waals surface area contributed by atoms with E-state index in [1.165, 1.54) is 17.4 Å². The summed E-state index contributed by atoms with van der Waals surface area (Å²) in [5, 5.41) is 13.6. The van der Waals surface area contributed by atoms with Crippen LogP contribution >= 0.6 is 11.3 Å². The van der Waals surface area contributed by atoms with Crippen molar-refractivity contribution in [2.75, 3.05) is 0 Å². The molecular formula is C15H10N2O2S. The lowest BCUT2D eigenvalue weighted by Gasteiger charge is -2.07. The monoisotopic (exact) mass is 282 g/mol. The molecule has 0 spiro atoms. The van der Waals surface area contributed by atoms with Gasteiger partial charge in [0.1, 0.15) is 5.01 Å². The summed E-state index contributed by atoms with van der Waals surface area (Å²) >= 11 is 1.47. The van der Waals surface area contributed by atoms with Gasteiger partial charge < -0.3 is 0 Å². The highest BCUT2D eigenvalue weighted by atomic mass is 32.1. The number of benzene rings is 2. The molecule has 2 aromatic carbocycles. The van der Waals surface area contributed by atoms with Gasteiger partial charge in [-0.2, -0.15) is 0 Å². The predicted molar refractivity (Wildman–Crippen MR) is 79.6 cm³/mol. The first-order chi connectivity index (χ1) is 9.75. The number of nitrogens with zero attached hydrogens (tertiary/aromatic N) is 2. The maximum absolute atomic E-state index is 11.0. The zero-order valence-corrected chi connectivity index (χ0v) is 11.2. The highest BCUT2D eigenvalue weighted by Gasteiger charge is 2.14. The molecule has 0 aliphatic rings. The third-order valence-corrected chi connectivity index (χ3v) is 3.77. The molecule has 0 radical (unpaired) electrons. The minimum Gasteiger partial charge on any atom is -0.258 e. The maximum atomic E-state index is 11.0. The van der Waals surface area contributed by atoms with E-state index in [1.54, 1.807) is 18.3 Å².